The van der Waals surface area contributed by atoms with Crippen molar-refractivity contribution in [2.75, 3.05) is 13.1 Å². The van der Waals surface area contributed by atoms with Gasteiger partial charge in [0, 0.05) is 41.8 Å². The van der Waals surface area contributed by atoms with Crippen LogP contribution in [0.3, 0.4) is 0 Å². The maximum Gasteiger partial charge on any atom is 0.240 e. The Balaban J connectivity index is 1.40. The van der Waals surface area contributed by atoms with Crippen LogP contribution in [0.2, 0.25) is 0 Å². The van der Waals surface area contributed by atoms with Crippen LogP contribution in [-0.4, -0.2) is 43.6 Å². The summed E-state index contributed by atoms with van der Waals surface area (Å²) in [5.74, 6) is 1.06. The number of para-hydroxylation sites is 1. The van der Waals surface area contributed by atoms with E-state index in [0.29, 0.717) is 6.04 Å². The van der Waals surface area contributed by atoms with Gasteiger partial charge in [0.25, 0.3) is 0 Å². The molecule has 2 aromatic carbocycles. The number of fused-ring (bicyclic) bond motifs is 1. The Labute approximate surface area is 191 Å². The molecule has 0 radical (unpaired) electrons. The first-order chi connectivity index (χ1) is 15.8. The zero-order valence-corrected chi connectivity index (χ0v) is 18.6. The van der Waals surface area contributed by atoms with Crippen LogP contribution in [0.25, 0.3) is 22.3 Å². The molecule has 1 atom stereocenters. The van der Waals surface area contributed by atoms with Crippen LogP contribution in [0.15, 0.2) is 66.0 Å². The SMILES string of the molecule is O=C([C@@H](Sc1nnc(-c2c[nH]c3ccccc23)n1C1CC1)c1ccccc1)N1CCCC1. The highest BCUT2D eigenvalue weighted by atomic mass is 32.2. The number of carbonyl (C=O) groups is 1. The summed E-state index contributed by atoms with van der Waals surface area (Å²) in [5.41, 5.74) is 3.18. The molecule has 0 unspecified atom stereocenters. The second kappa shape index (κ2) is 8.13. The Kier molecular flexibility index (Phi) is 4.98. The number of rotatable bonds is 6. The molecule has 2 fully saturated rings. The minimum Gasteiger partial charge on any atom is -0.360 e. The van der Waals surface area contributed by atoms with E-state index in [9.17, 15) is 4.79 Å². The van der Waals surface area contributed by atoms with E-state index >= 15 is 0 Å². The van der Waals surface area contributed by atoms with Gasteiger partial charge >= 0.3 is 0 Å². The van der Waals surface area contributed by atoms with Gasteiger partial charge in [-0.2, -0.15) is 0 Å². The molecule has 6 nitrogen and oxygen atoms in total. The maximum atomic E-state index is 13.5. The van der Waals surface area contributed by atoms with Gasteiger partial charge in [0.2, 0.25) is 5.91 Å². The average molecular weight is 444 g/mol. The van der Waals surface area contributed by atoms with Gasteiger partial charge in [-0.05, 0) is 37.3 Å². The van der Waals surface area contributed by atoms with Crippen LogP contribution in [0, 0.1) is 0 Å². The van der Waals surface area contributed by atoms with Crippen LogP contribution >= 0.6 is 11.8 Å². The van der Waals surface area contributed by atoms with Crippen molar-refractivity contribution in [2.45, 2.75) is 42.1 Å². The molecule has 0 spiro atoms. The van der Waals surface area contributed by atoms with Crippen molar-refractivity contribution in [1.29, 1.82) is 0 Å². The number of carbonyl (C=O) groups excluding carboxylic acids is 1. The molecule has 2 aromatic heterocycles. The molecular weight excluding hydrogens is 418 g/mol. The van der Waals surface area contributed by atoms with Crippen LogP contribution in [0.1, 0.15) is 42.5 Å². The van der Waals surface area contributed by atoms with Gasteiger partial charge in [0.15, 0.2) is 11.0 Å². The molecule has 6 rings (SSSR count). The van der Waals surface area contributed by atoms with E-state index in [1.54, 1.807) is 11.8 Å². The van der Waals surface area contributed by atoms with Gasteiger partial charge in [-0.15, -0.1) is 10.2 Å². The van der Waals surface area contributed by atoms with E-state index in [1.807, 2.05) is 53.6 Å². The lowest BCUT2D eigenvalue weighted by Crippen LogP contribution is -2.31. The van der Waals surface area contributed by atoms with E-state index in [1.165, 1.54) is 0 Å². The fourth-order valence-corrected chi connectivity index (χ4v) is 5.75. The van der Waals surface area contributed by atoms with E-state index < -0.39 is 0 Å². The molecule has 162 valence electrons. The van der Waals surface area contributed by atoms with Crippen molar-refractivity contribution in [2.24, 2.45) is 0 Å². The number of H-pyrrole nitrogens is 1. The second-order valence-corrected chi connectivity index (χ2v) is 9.67. The van der Waals surface area contributed by atoms with Crippen molar-refractivity contribution < 1.29 is 4.79 Å². The van der Waals surface area contributed by atoms with E-state index in [-0.39, 0.29) is 11.2 Å². The molecule has 1 aliphatic carbocycles. The summed E-state index contributed by atoms with van der Waals surface area (Å²) in [6.07, 6.45) is 6.43. The predicted octanol–water partition coefficient (Wildman–Crippen LogP) is 5.22. The highest BCUT2D eigenvalue weighted by Gasteiger charge is 2.35. The topological polar surface area (TPSA) is 66.8 Å². The standard InChI is InChI=1S/C25H25N5OS/c31-24(29-14-6-7-15-29)22(17-8-2-1-3-9-17)32-25-28-27-23(30(25)18-12-13-18)20-16-26-21-11-5-4-10-19(20)21/h1-5,8-11,16,18,22,26H,6-7,12-15H2/t22-/m0/s1. The van der Waals surface area contributed by atoms with Crippen molar-refractivity contribution in [3.63, 3.8) is 0 Å². The van der Waals surface area contributed by atoms with Crippen molar-refractivity contribution in [3.8, 4) is 11.4 Å². The molecule has 4 aromatic rings. The fourth-order valence-electron chi connectivity index (χ4n) is 4.56. The van der Waals surface area contributed by atoms with Crippen molar-refractivity contribution in [1.82, 2.24) is 24.6 Å². The lowest BCUT2D eigenvalue weighted by Gasteiger charge is -2.23. The fraction of sp³-hybridized carbons (Fsp3) is 0.320. The van der Waals surface area contributed by atoms with Crippen molar-refractivity contribution >= 4 is 28.6 Å². The molecule has 32 heavy (non-hydrogen) atoms. The van der Waals surface area contributed by atoms with Crippen LogP contribution in [0.5, 0.6) is 0 Å². The van der Waals surface area contributed by atoms with Gasteiger partial charge in [-0.3, -0.25) is 9.36 Å². The second-order valence-electron chi connectivity index (χ2n) is 8.60. The van der Waals surface area contributed by atoms with Crippen LogP contribution in [0.4, 0.5) is 0 Å². The number of hydrogen-bond acceptors (Lipinski definition) is 4. The zero-order chi connectivity index (χ0) is 21.5. The van der Waals surface area contributed by atoms with Crippen LogP contribution in [-0.2, 0) is 4.79 Å². The van der Waals surface area contributed by atoms with Crippen LogP contribution < -0.4 is 0 Å². The highest BCUT2D eigenvalue weighted by Crippen LogP contribution is 2.45. The van der Waals surface area contributed by atoms with Gasteiger partial charge in [-0.25, -0.2) is 0 Å². The predicted molar refractivity (Wildman–Crippen MR) is 126 cm³/mol. The van der Waals surface area contributed by atoms with Crippen molar-refractivity contribution in [3.05, 3.63) is 66.4 Å². The highest BCUT2D eigenvalue weighted by molar-refractivity contribution is 8.00. The van der Waals surface area contributed by atoms with Gasteiger partial charge in [0.05, 0.1) is 0 Å². The van der Waals surface area contributed by atoms with Gasteiger partial charge in [0.1, 0.15) is 5.25 Å². The number of thioether (sulfide) groups is 1. The molecule has 1 N–H and O–H groups in total. The number of nitrogens with zero attached hydrogens (tertiary/aromatic N) is 4. The van der Waals surface area contributed by atoms with Gasteiger partial charge < -0.3 is 9.88 Å². The quantitative estimate of drug-likeness (QED) is 0.415. The summed E-state index contributed by atoms with van der Waals surface area (Å²) in [4.78, 5) is 18.9. The number of likely N-dealkylation sites (tertiary alicyclic amines) is 1. The normalized spacial score (nSPS) is 17.2. The minimum atomic E-state index is -0.313. The Morgan fingerprint density at radius 3 is 2.53 bits per heavy atom. The van der Waals surface area contributed by atoms with E-state index in [2.05, 4.69) is 31.9 Å². The third-order valence-electron chi connectivity index (χ3n) is 6.37. The number of amides is 1. The summed E-state index contributed by atoms with van der Waals surface area (Å²) in [6, 6.07) is 18.8. The largest absolute Gasteiger partial charge is 0.360 e. The Bertz CT molecular complexity index is 1250. The first kappa shape index (κ1) is 19.6. The monoisotopic (exact) mass is 443 g/mol. The molecule has 1 amide bonds. The molecule has 1 saturated carbocycles. The number of aromatic amines is 1. The minimum absolute atomic E-state index is 0.178. The zero-order valence-electron chi connectivity index (χ0n) is 17.8. The first-order valence-electron chi connectivity index (χ1n) is 11.3. The molecule has 0 bridgehead atoms. The maximum absolute atomic E-state index is 13.5. The Hall–Kier alpha value is -3.06. The van der Waals surface area contributed by atoms with E-state index in [4.69, 9.17) is 0 Å². The molecular formula is C25H25N5OS. The Morgan fingerprint density at radius 2 is 1.75 bits per heavy atom. The average Bonchev–Trinajstić information content (AvgIpc) is 3.22. The summed E-state index contributed by atoms with van der Waals surface area (Å²) in [5, 5.41) is 10.9. The number of nitrogens with one attached hydrogen (secondary N) is 1. The molecule has 1 saturated heterocycles. The summed E-state index contributed by atoms with van der Waals surface area (Å²) in [6.45, 7) is 1.69. The first-order valence-corrected chi connectivity index (χ1v) is 12.2. The molecule has 3 heterocycles. The third kappa shape index (κ3) is 3.50. The Morgan fingerprint density at radius 1 is 1.00 bits per heavy atom. The molecule has 7 heteroatoms. The lowest BCUT2D eigenvalue weighted by atomic mass is 10.1. The smallest absolute Gasteiger partial charge is 0.240 e. The lowest BCUT2D eigenvalue weighted by molar-refractivity contribution is -0.129. The number of benzene rings is 2. The summed E-state index contributed by atoms with van der Waals surface area (Å²) < 4.78 is 2.26. The van der Waals surface area contributed by atoms with Gasteiger partial charge in [-0.1, -0.05) is 60.3 Å². The summed E-state index contributed by atoms with van der Waals surface area (Å²) in [7, 11) is 0. The number of hydrogen-bond donors (Lipinski definition) is 1. The van der Waals surface area contributed by atoms with E-state index in [0.717, 1.165) is 71.8 Å². The summed E-state index contributed by atoms with van der Waals surface area (Å²) >= 11 is 1.54. The molecule has 2 aliphatic rings. The third-order valence-corrected chi connectivity index (χ3v) is 7.57. The number of aromatic nitrogens is 4. The molecule has 1 aliphatic heterocycles.